The van der Waals surface area contributed by atoms with Crippen molar-refractivity contribution < 1.29 is 0 Å². The predicted molar refractivity (Wildman–Crippen MR) is 120 cm³/mol. The van der Waals surface area contributed by atoms with Crippen LogP contribution in [0, 0.1) is 6.92 Å². The van der Waals surface area contributed by atoms with E-state index in [1.165, 1.54) is 11.1 Å². The Morgan fingerprint density at radius 2 is 1.62 bits per heavy atom. The Hall–Kier alpha value is -2.92. The maximum absolute atomic E-state index is 4.85. The average Bonchev–Trinajstić information content (AvgIpc) is 2.79. The smallest absolute Gasteiger partial charge is 0.225 e. The summed E-state index contributed by atoms with van der Waals surface area (Å²) in [5.74, 6) is 1.68. The molecule has 2 aromatic carbocycles. The lowest BCUT2D eigenvalue weighted by Gasteiger charge is -2.35. The monoisotopic (exact) mass is 387 g/mol. The SMILES string of the molecule is CCN1CCN(c2cc(-c3ccccc3)nc(NCc3ccc(C)cc3)n2)CC1. The minimum absolute atomic E-state index is 0.680. The lowest BCUT2D eigenvalue weighted by Crippen LogP contribution is -2.46. The van der Waals surface area contributed by atoms with Crippen molar-refractivity contribution in [1.29, 1.82) is 0 Å². The average molecular weight is 388 g/mol. The number of rotatable bonds is 6. The molecule has 1 fully saturated rings. The molecule has 0 atom stereocenters. The van der Waals surface area contributed by atoms with Gasteiger partial charge < -0.3 is 15.1 Å². The largest absolute Gasteiger partial charge is 0.354 e. The molecule has 0 unspecified atom stereocenters. The van der Waals surface area contributed by atoms with E-state index in [-0.39, 0.29) is 0 Å². The van der Waals surface area contributed by atoms with Gasteiger partial charge in [0.25, 0.3) is 0 Å². The molecule has 1 N–H and O–H groups in total. The van der Waals surface area contributed by atoms with Gasteiger partial charge in [0.2, 0.25) is 5.95 Å². The van der Waals surface area contributed by atoms with Crippen LogP contribution in [0.5, 0.6) is 0 Å². The van der Waals surface area contributed by atoms with Crippen LogP contribution in [0.3, 0.4) is 0 Å². The summed E-state index contributed by atoms with van der Waals surface area (Å²) < 4.78 is 0. The number of hydrogen-bond donors (Lipinski definition) is 1. The van der Waals surface area contributed by atoms with Crippen molar-refractivity contribution in [3.63, 3.8) is 0 Å². The number of likely N-dealkylation sites (N-methyl/N-ethyl adjacent to an activating group) is 1. The highest BCUT2D eigenvalue weighted by molar-refractivity contribution is 5.65. The summed E-state index contributed by atoms with van der Waals surface area (Å²) in [5.41, 5.74) is 4.56. The molecular formula is C24H29N5. The first-order valence-electron chi connectivity index (χ1n) is 10.4. The summed E-state index contributed by atoms with van der Waals surface area (Å²) >= 11 is 0. The van der Waals surface area contributed by atoms with Crippen LogP contribution in [0.25, 0.3) is 11.3 Å². The van der Waals surface area contributed by atoms with Crippen LogP contribution in [0.1, 0.15) is 18.1 Å². The Morgan fingerprint density at radius 3 is 2.31 bits per heavy atom. The van der Waals surface area contributed by atoms with E-state index >= 15 is 0 Å². The van der Waals surface area contributed by atoms with Gasteiger partial charge in [0.05, 0.1) is 5.69 Å². The molecule has 0 aliphatic carbocycles. The molecule has 150 valence electrons. The van der Waals surface area contributed by atoms with Gasteiger partial charge in [0.1, 0.15) is 5.82 Å². The maximum Gasteiger partial charge on any atom is 0.225 e. The van der Waals surface area contributed by atoms with Crippen LogP contribution < -0.4 is 10.2 Å². The van der Waals surface area contributed by atoms with Gasteiger partial charge in [0, 0.05) is 44.4 Å². The van der Waals surface area contributed by atoms with Crippen LogP contribution in [0.15, 0.2) is 60.7 Å². The molecule has 0 bridgehead atoms. The second kappa shape index (κ2) is 9.05. The fourth-order valence-corrected chi connectivity index (χ4v) is 3.61. The van der Waals surface area contributed by atoms with Crippen LogP contribution in [0.2, 0.25) is 0 Å². The van der Waals surface area contributed by atoms with Crippen molar-refractivity contribution in [2.75, 3.05) is 42.9 Å². The third kappa shape index (κ3) is 4.93. The summed E-state index contributed by atoms with van der Waals surface area (Å²) in [6.07, 6.45) is 0. The standard InChI is InChI=1S/C24H29N5/c1-3-28-13-15-29(16-14-28)23-17-22(21-7-5-4-6-8-21)26-24(27-23)25-18-20-11-9-19(2)10-12-20/h4-12,17H,3,13-16,18H2,1-2H3,(H,25,26,27). The molecule has 1 aromatic heterocycles. The number of nitrogens with one attached hydrogen (secondary N) is 1. The molecule has 5 heteroatoms. The van der Waals surface area contributed by atoms with Crippen molar-refractivity contribution >= 4 is 11.8 Å². The third-order valence-electron chi connectivity index (χ3n) is 5.50. The maximum atomic E-state index is 4.85. The van der Waals surface area contributed by atoms with Gasteiger partial charge in [-0.2, -0.15) is 4.98 Å². The van der Waals surface area contributed by atoms with Gasteiger partial charge in [-0.05, 0) is 19.0 Å². The minimum atomic E-state index is 0.680. The zero-order valence-corrected chi connectivity index (χ0v) is 17.3. The number of aromatic nitrogens is 2. The molecule has 1 saturated heterocycles. The van der Waals surface area contributed by atoms with Gasteiger partial charge in [0.15, 0.2) is 0 Å². The number of aryl methyl sites for hydroxylation is 1. The molecule has 4 rings (SSSR count). The molecule has 0 amide bonds. The first-order chi connectivity index (χ1) is 14.2. The Morgan fingerprint density at radius 1 is 0.897 bits per heavy atom. The van der Waals surface area contributed by atoms with E-state index < -0.39 is 0 Å². The quantitative estimate of drug-likeness (QED) is 0.687. The van der Waals surface area contributed by atoms with E-state index in [1.54, 1.807) is 0 Å². The van der Waals surface area contributed by atoms with E-state index in [0.29, 0.717) is 12.5 Å². The van der Waals surface area contributed by atoms with Crippen LogP contribution in [0.4, 0.5) is 11.8 Å². The second-order valence-corrected chi connectivity index (χ2v) is 7.56. The predicted octanol–water partition coefficient (Wildman–Crippen LogP) is 4.21. The summed E-state index contributed by atoms with van der Waals surface area (Å²) in [6, 6.07) is 21.0. The van der Waals surface area contributed by atoms with Crippen molar-refractivity contribution in [3.05, 3.63) is 71.8 Å². The third-order valence-corrected chi connectivity index (χ3v) is 5.50. The summed E-state index contributed by atoms with van der Waals surface area (Å²) in [7, 11) is 0. The highest BCUT2D eigenvalue weighted by Gasteiger charge is 2.18. The Bertz CT molecular complexity index is 916. The molecule has 5 nitrogen and oxygen atoms in total. The van der Waals surface area contributed by atoms with E-state index in [9.17, 15) is 0 Å². The van der Waals surface area contributed by atoms with Gasteiger partial charge in [-0.1, -0.05) is 67.1 Å². The minimum Gasteiger partial charge on any atom is -0.354 e. The second-order valence-electron chi connectivity index (χ2n) is 7.56. The van der Waals surface area contributed by atoms with Gasteiger partial charge in [-0.25, -0.2) is 4.98 Å². The first kappa shape index (κ1) is 19.4. The summed E-state index contributed by atoms with van der Waals surface area (Å²) in [6.45, 7) is 10.3. The van der Waals surface area contributed by atoms with E-state index in [1.807, 2.05) is 6.07 Å². The number of benzene rings is 2. The van der Waals surface area contributed by atoms with E-state index in [2.05, 4.69) is 83.6 Å². The Balaban J connectivity index is 1.58. The number of anilines is 2. The lowest BCUT2D eigenvalue weighted by atomic mass is 10.1. The van der Waals surface area contributed by atoms with Crippen molar-refractivity contribution in [3.8, 4) is 11.3 Å². The van der Waals surface area contributed by atoms with Crippen molar-refractivity contribution in [1.82, 2.24) is 14.9 Å². The highest BCUT2D eigenvalue weighted by atomic mass is 15.3. The van der Waals surface area contributed by atoms with Crippen LogP contribution in [-0.2, 0) is 6.54 Å². The topological polar surface area (TPSA) is 44.3 Å². The normalized spacial score (nSPS) is 14.8. The van der Waals surface area contributed by atoms with Gasteiger partial charge in [-0.15, -0.1) is 0 Å². The molecule has 0 radical (unpaired) electrons. The summed E-state index contributed by atoms with van der Waals surface area (Å²) in [5, 5.41) is 3.43. The zero-order valence-electron chi connectivity index (χ0n) is 17.3. The lowest BCUT2D eigenvalue weighted by molar-refractivity contribution is 0.270. The fraction of sp³-hybridized carbons (Fsp3) is 0.333. The summed E-state index contributed by atoms with van der Waals surface area (Å²) in [4.78, 5) is 14.5. The molecule has 1 aliphatic heterocycles. The highest BCUT2D eigenvalue weighted by Crippen LogP contribution is 2.24. The van der Waals surface area contributed by atoms with Crippen molar-refractivity contribution in [2.24, 2.45) is 0 Å². The molecule has 2 heterocycles. The van der Waals surface area contributed by atoms with E-state index in [4.69, 9.17) is 9.97 Å². The number of hydrogen-bond acceptors (Lipinski definition) is 5. The number of piperazine rings is 1. The van der Waals surface area contributed by atoms with Gasteiger partial charge in [-0.3, -0.25) is 0 Å². The zero-order chi connectivity index (χ0) is 20.1. The first-order valence-corrected chi connectivity index (χ1v) is 10.4. The van der Waals surface area contributed by atoms with Gasteiger partial charge >= 0.3 is 0 Å². The Kier molecular flexibility index (Phi) is 6.06. The van der Waals surface area contributed by atoms with Crippen LogP contribution >= 0.6 is 0 Å². The molecule has 1 aliphatic rings. The molecule has 0 spiro atoms. The number of nitrogens with zero attached hydrogens (tertiary/aromatic N) is 4. The fourth-order valence-electron chi connectivity index (χ4n) is 3.61. The molecule has 29 heavy (non-hydrogen) atoms. The van der Waals surface area contributed by atoms with Crippen molar-refractivity contribution in [2.45, 2.75) is 20.4 Å². The van der Waals surface area contributed by atoms with E-state index in [0.717, 1.165) is 49.8 Å². The Labute approximate surface area is 173 Å². The molecular weight excluding hydrogens is 358 g/mol. The molecule has 0 saturated carbocycles. The van der Waals surface area contributed by atoms with Crippen LogP contribution in [-0.4, -0.2) is 47.6 Å². The molecule has 3 aromatic rings.